The van der Waals surface area contributed by atoms with E-state index in [2.05, 4.69) is 20.9 Å². The molecule has 182 valence electrons. The lowest BCUT2D eigenvalue weighted by atomic mass is 9.86. The summed E-state index contributed by atoms with van der Waals surface area (Å²) in [4.78, 5) is 19.3. The van der Waals surface area contributed by atoms with Crippen molar-refractivity contribution in [2.75, 3.05) is 6.54 Å². The van der Waals surface area contributed by atoms with Crippen LogP contribution < -0.4 is 0 Å². The molecule has 35 heavy (non-hydrogen) atoms. The minimum atomic E-state index is -4.61. The third-order valence-corrected chi connectivity index (χ3v) is 7.50. The highest BCUT2D eigenvalue weighted by Crippen LogP contribution is 2.47. The smallest absolute Gasteiger partial charge is 0.331 e. The second-order valence-electron chi connectivity index (χ2n) is 9.24. The highest BCUT2D eigenvalue weighted by molar-refractivity contribution is 9.08. The number of pyridine rings is 1. The summed E-state index contributed by atoms with van der Waals surface area (Å²) in [7, 11) is 0. The first-order valence-corrected chi connectivity index (χ1v) is 12.6. The van der Waals surface area contributed by atoms with Crippen molar-refractivity contribution in [3.8, 4) is 11.1 Å². The van der Waals surface area contributed by atoms with Crippen LogP contribution in [0.3, 0.4) is 0 Å². The number of aromatic nitrogens is 1. The van der Waals surface area contributed by atoms with Crippen molar-refractivity contribution in [2.24, 2.45) is 5.92 Å². The average Bonchev–Trinajstić information content (AvgIpc) is 3.67. The first kappa shape index (κ1) is 24.0. The van der Waals surface area contributed by atoms with Gasteiger partial charge in [-0.3, -0.25) is 9.78 Å². The van der Waals surface area contributed by atoms with Crippen LogP contribution in [0.4, 0.5) is 17.6 Å². The molecule has 1 aromatic heterocycles. The lowest BCUT2D eigenvalue weighted by molar-refractivity contribution is -0.140. The molecule has 0 N–H and O–H groups in total. The zero-order valence-corrected chi connectivity index (χ0v) is 20.6. The average molecular weight is 547 g/mol. The molecule has 0 bridgehead atoms. The highest BCUT2D eigenvalue weighted by Gasteiger charge is 2.42. The van der Waals surface area contributed by atoms with Crippen LogP contribution in [0, 0.1) is 18.7 Å². The molecule has 1 fully saturated rings. The quantitative estimate of drug-likeness (QED) is 0.249. The fourth-order valence-corrected chi connectivity index (χ4v) is 5.41. The number of rotatable bonds is 5. The van der Waals surface area contributed by atoms with Gasteiger partial charge in [0.15, 0.2) is 5.69 Å². The number of benzene rings is 2. The van der Waals surface area contributed by atoms with Gasteiger partial charge in [0.25, 0.3) is 5.91 Å². The number of aryl methyl sites for hydroxylation is 1. The number of carbonyl (C=O) groups excluding carboxylic acids is 1. The van der Waals surface area contributed by atoms with Gasteiger partial charge >= 0.3 is 6.18 Å². The van der Waals surface area contributed by atoms with Gasteiger partial charge in [-0.05, 0) is 84.2 Å². The number of fused-ring (bicyclic) bond motifs is 1. The molecule has 8 heteroatoms. The largest absolute Gasteiger partial charge is 0.433 e. The van der Waals surface area contributed by atoms with Gasteiger partial charge in [-0.15, -0.1) is 0 Å². The van der Waals surface area contributed by atoms with Gasteiger partial charge < -0.3 is 4.90 Å². The first-order valence-electron chi connectivity index (χ1n) is 11.5. The number of alkyl halides is 4. The van der Waals surface area contributed by atoms with E-state index < -0.39 is 11.9 Å². The standard InChI is InChI=1S/C27H23BrF4N2O/c1-15-11-18(6-7-23(15)29)24(17-4-5-17)34-10-8-19-21(12-16(14-28)13-22(19)26(34)35)20-3-2-9-33-25(20)27(30,31)32/h2-3,6-7,9,11-13,17,24H,4-5,8,10,14H2,1H3/t24-/m0/s1. The predicted octanol–water partition coefficient (Wildman–Crippen LogP) is 7.26. The number of amides is 1. The lowest BCUT2D eigenvalue weighted by Gasteiger charge is -2.37. The van der Waals surface area contributed by atoms with E-state index in [1.54, 1.807) is 31.2 Å². The Morgan fingerprint density at radius 2 is 1.86 bits per heavy atom. The molecule has 0 radical (unpaired) electrons. The van der Waals surface area contributed by atoms with Crippen molar-refractivity contribution < 1.29 is 22.4 Å². The normalized spacial score (nSPS) is 16.9. The summed E-state index contributed by atoms with van der Waals surface area (Å²) in [5, 5.41) is 0.394. The minimum Gasteiger partial charge on any atom is -0.331 e. The predicted molar refractivity (Wildman–Crippen MR) is 129 cm³/mol. The molecule has 2 aromatic carbocycles. The Morgan fingerprint density at radius 3 is 2.51 bits per heavy atom. The topological polar surface area (TPSA) is 33.2 Å². The van der Waals surface area contributed by atoms with Crippen LogP contribution in [-0.4, -0.2) is 22.3 Å². The molecular formula is C27H23BrF4N2O. The molecule has 0 spiro atoms. The lowest BCUT2D eigenvalue weighted by Crippen LogP contribution is -2.41. The number of carbonyl (C=O) groups is 1. The number of nitrogens with zero attached hydrogens (tertiary/aromatic N) is 2. The third-order valence-electron chi connectivity index (χ3n) is 6.85. The summed E-state index contributed by atoms with van der Waals surface area (Å²) in [5.74, 6) is -0.201. The second kappa shape index (κ2) is 9.04. The van der Waals surface area contributed by atoms with Gasteiger partial charge in [0.05, 0.1) is 6.04 Å². The van der Waals surface area contributed by atoms with Crippen molar-refractivity contribution in [1.29, 1.82) is 0 Å². The van der Waals surface area contributed by atoms with E-state index in [1.165, 1.54) is 18.2 Å². The van der Waals surface area contributed by atoms with Crippen LogP contribution in [0.25, 0.3) is 11.1 Å². The van der Waals surface area contributed by atoms with Crippen molar-refractivity contribution in [1.82, 2.24) is 9.88 Å². The summed E-state index contributed by atoms with van der Waals surface area (Å²) in [6.07, 6.45) is -1.10. The monoisotopic (exact) mass is 546 g/mol. The molecular weight excluding hydrogens is 524 g/mol. The summed E-state index contributed by atoms with van der Waals surface area (Å²) < 4.78 is 55.2. The van der Waals surface area contributed by atoms with Gasteiger partial charge in [-0.1, -0.05) is 34.1 Å². The van der Waals surface area contributed by atoms with Crippen LogP contribution >= 0.6 is 15.9 Å². The van der Waals surface area contributed by atoms with E-state index in [-0.39, 0.29) is 23.3 Å². The van der Waals surface area contributed by atoms with E-state index in [9.17, 15) is 22.4 Å². The fourth-order valence-electron chi connectivity index (χ4n) is 5.08. The Labute approximate surface area is 209 Å². The van der Waals surface area contributed by atoms with Gasteiger partial charge in [0, 0.05) is 29.2 Å². The molecule has 2 aliphatic rings. The zero-order chi connectivity index (χ0) is 24.9. The fraction of sp³-hybridized carbons (Fsp3) is 0.333. The summed E-state index contributed by atoms with van der Waals surface area (Å²) in [6, 6.07) is 11.2. The molecule has 1 atom stereocenters. The van der Waals surface area contributed by atoms with Crippen LogP contribution in [0.15, 0.2) is 48.7 Å². The van der Waals surface area contributed by atoms with Crippen LogP contribution in [-0.2, 0) is 17.9 Å². The Kier molecular flexibility index (Phi) is 6.20. The van der Waals surface area contributed by atoms with E-state index in [0.29, 0.717) is 52.0 Å². The SMILES string of the molecule is Cc1cc([C@H](C2CC2)N2CCc3c(cc(CBr)cc3-c3cccnc3C(F)(F)F)C2=O)ccc1F. The summed E-state index contributed by atoms with van der Waals surface area (Å²) >= 11 is 3.40. The zero-order valence-electron chi connectivity index (χ0n) is 19.0. The maximum absolute atomic E-state index is 13.9. The van der Waals surface area contributed by atoms with Crippen molar-refractivity contribution in [2.45, 2.75) is 43.7 Å². The summed E-state index contributed by atoms with van der Waals surface area (Å²) in [5.41, 5.74) is 2.58. The van der Waals surface area contributed by atoms with Crippen molar-refractivity contribution in [3.63, 3.8) is 0 Å². The summed E-state index contributed by atoms with van der Waals surface area (Å²) in [6.45, 7) is 2.09. The van der Waals surface area contributed by atoms with E-state index in [1.807, 2.05) is 4.90 Å². The Balaban J connectivity index is 1.61. The maximum Gasteiger partial charge on any atom is 0.433 e. The molecule has 1 aliphatic heterocycles. The van der Waals surface area contributed by atoms with Gasteiger partial charge in [0.1, 0.15) is 5.82 Å². The van der Waals surface area contributed by atoms with Gasteiger partial charge in [-0.2, -0.15) is 13.2 Å². The molecule has 1 saturated carbocycles. The molecule has 3 nitrogen and oxygen atoms in total. The van der Waals surface area contributed by atoms with Crippen LogP contribution in [0.2, 0.25) is 0 Å². The van der Waals surface area contributed by atoms with E-state index in [4.69, 9.17) is 0 Å². The highest BCUT2D eigenvalue weighted by atomic mass is 79.9. The molecule has 0 saturated heterocycles. The van der Waals surface area contributed by atoms with E-state index in [0.717, 1.165) is 24.6 Å². The Hall–Kier alpha value is -2.74. The van der Waals surface area contributed by atoms with Gasteiger partial charge in [0.2, 0.25) is 0 Å². The van der Waals surface area contributed by atoms with Crippen LogP contribution in [0.1, 0.15) is 57.2 Å². The molecule has 5 rings (SSSR count). The van der Waals surface area contributed by atoms with Crippen molar-refractivity contribution in [3.05, 3.63) is 88.0 Å². The minimum absolute atomic E-state index is 0.0202. The molecule has 1 amide bonds. The first-order chi connectivity index (χ1) is 16.7. The Morgan fingerprint density at radius 1 is 1.11 bits per heavy atom. The second-order valence-corrected chi connectivity index (χ2v) is 9.80. The van der Waals surface area contributed by atoms with Crippen LogP contribution in [0.5, 0.6) is 0 Å². The Bertz CT molecular complexity index is 1300. The number of hydrogen-bond acceptors (Lipinski definition) is 2. The molecule has 0 unspecified atom stereocenters. The van der Waals surface area contributed by atoms with Crippen molar-refractivity contribution >= 4 is 21.8 Å². The number of halogens is 5. The number of hydrogen-bond donors (Lipinski definition) is 0. The molecule has 3 aromatic rings. The molecule has 2 heterocycles. The van der Waals surface area contributed by atoms with Gasteiger partial charge in [-0.25, -0.2) is 4.39 Å². The maximum atomic E-state index is 13.9. The third kappa shape index (κ3) is 4.48. The van der Waals surface area contributed by atoms with E-state index >= 15 is 0 Å². The molecule has 1 aliphatic carbocycles.